The standard InChI is InChI=1S/C19H18ClN3O4/c1-27-14-4-2-3-13(9-14)23-10-11(7-17(23)24)19(26)22-12-5-6-16(20)15(8-12)18(21)25/h2-6,8-9,11H,7,10H2,1H3,(H2,21,25)(H,22,26)/t11-/m0/s1. The van der Waals surface area contributed by atoms with Crippen molar-refractivity contribution >= 4 is 40.7 Å². The summed E-state index contributed by atoms with van der Waals surface area (Å²) < 4.78 is 5.18. The summed E-state index contributed by atoms with van der Waals surface area (Å²) in [6.45, 7) is 0.258. The summed E-state index contributed by atoms with van der Waals surface area (Å²) in [4.78, 5) is 37.9. The maximum absolute atomic E-state index is 12.6. The van der Waals surface area contributed by atoms with E-state index in [1.54, 1.807) is 42.3 Å². The largest absolute Gasteiger partial charge is 0.497 e. The molecule has 1 aliphatic rings. The molecule has 0 spiro atoms. The van der Waals surface area contributed by atoms with E-state index in [1.807, 2.05) is 0 Å². The Bertz CT molecular complexity index is 916. The second kappa shape index (κ2) is 7.67. The minimum absolute atomic E-state index is 0.0965. The molecular weight excluding hydrogens is 370 g/mol. The van der Waals surface area contributed by atoms with E-state index in [-0.39, 0.29) is 35.4 Å². The maximum Gasteiger partial charge on any atom is 0.250 e. The number of anilines is 2. The van der Waals surface area contributed by atoms with Gasteiger partial charge in [0.15, 0.2) is 0 Å². The third-order valence-electron chi connectivity index (χ3n) is 4.36. The zero-order chi connectivity index (χ0) is 19.6. The van der Waals surface area contributed by atoms with Crippen molar-refractivity contribution in [3.05, 3.63) is 53.1 Å². The highest BCUT2D eigenvalue weighted by molar-refractivity contribution is 6.34. The molecule has 3 rings (SSSR count). The number of nitrogens with zero attached hydrogens (tertiary/aromatic N) is 1. The summed E-state index contributed by atoms with van der Waals surface area (Å²) in [6.07, 6.45) is 0.0965. The summed E-state index contributed by atoms with van der Waals surface area (Å²) in [5.74, 6) is -1.02. The summed E-state index contributed by atoms with van der Waals surface area (Å²) >= 11 is 5.91. The van der Waals surface area contributed by atoms with Gasteiger partial charge in [0, 0.05) is 30.4 Å². The fraction of sp³-hybridized carbons (Fsp3) is 0.211. The van der Waals surface area contributed by atoms with E-state index in [4.69, 9.17) is 22.1 Å². The van der Waals surface area contributed by atoms with Gasteiger partial charge in [0.2, 0.25) is 17.7 Å². The van der Waals surface area contributed by atoms with Gasteiger partial charge in [-0.2, -0.15) is 0 Å². The molecule has 8 heteroatoms. The molecule has 1 aliphatic heterocycles. The number of hydrogen-bond donors (Lipinski definition) is 2. The number of nitrogens with two attached hydrogens (primary N) is 1. The number of carbonyl (C=O) groups is 3. The van der Waals surface area contributed by atoms with Crippen molar-refractivity contribution in [2.24, 2.45) is 11.7 Å². The number of carbonyl (C=O) groups excluding carboxylic acids is 3. The van der Waals surface area contributed by atoms with Gasteiger partial charge in [-0.3, -0.25) is 14.4 Å². The van der Waals surface area contributed by atoms with E-state index in [2.05, 4.69) is 5.32 Å². The molecule has 0 aromatic heterocycles. The predicted octanol–water partition coefficient (Wildman–Crippen LogP) is 2.44. The molecule has 0 bridgehead atoms. The lowest BCUT2D eigenvalue weighted by molar-refractivity contribution is -0.122. The van der Waals surface area contributed by atoms with Gasteiger partial charge < -0.3 is 20.7 Å². The summed E-state index contributed by atoms with van der Waals surface area (Å²) in [7, 11) is 1.55. The van der Waals surface area contributed by atoms with E-state index >= 15 is 0 Å². The van der Waals surface area contributed by atoms with Gasteiger partial charge in [0.05, 0.1) is 23.6 Å². The first-order chi connectivity index (χ1) is 12.9. The molecule has 7 nitrogen and oxygen atoms in total. The van der Waals surface area contributed by atoms with E-state index in [1.165, 1.54) is 12.1 Å². The Morgan fingerprint density at radius 1 is 1.26 bits per heavy atom. The Kier molecular flexibility index (Phi) is 5.32. The van der Waals surface area contributed by atoms with Crippen molar-refractivity contribution in [1.82, 2.24) is 0 Å². The van der Waals surface area contributed by atoms with Crippen LogP contribution in [0.2, 0.25) is 5.02 Å². The maximum atomic E-state index is 12.6. The number of nitrogens with one attached hydrogen (secondary N) is 1. The highest BCUT2D eigenvalue weighted by Crippen LogP contribution is 2.29. The lowest BCUT2D eigenvalue weighted by Crippen LogP contribution is -2.28. The Hall–Kier alpha value is -3.06. The molecule has 1 fully saturated rings. The molecule has 0 aliphatic carbocycles. The normalized spacial score (nSPS) is 16.3. The minimum Gasteiger partial charge on any atom is -0.497 e. The molecule has 3 amide bonds. The van der Waals surface area contributed by atoms with Crippen LogP contribution in [-0.4, -0.2) is 31.4 Å². The van der Waals surface area contributed by atoms with Gasteiger partial charge in [0.25, 0.3) is 0 Å². The molecule has 1 saturated heterocycles. The first-order valence-corrected chi connectivity index (χ1v) is 8.61. The number of amides is 3. The molecule has 0 saturated carbocycles. The van der Waals surface area contributed by atoms with Gasteiger partial charge in [-0.1, -0.05) is 17.7 Å². The monoisotopic (exact) mass is 387 g/mol. The van der Waals surface area contributed by atoms with Gasteiger partial charge in [0.1, 0.15) is 5.75 Å². The zero-order valence-electron chi connectivity index (χ0n) is 14.6. The third-order valence-corrected chi connectivity index (χ3v) is 4.69. The lowest BCUT2D eigenvalue weighted by Gasteiger charge is -2.17. The number of rotatable bonds is 5. The van der Waals surface area contributed by atoms with E-state index < -0.39 is 11.8 Å². The number of methoxy groups -OCH3 is 1. The van der Waals surface area contributed by atoms with Crippen LogP contribution in [0.15, 0.2) is 42.5 Å². The van der Waals surface area contributed by atoms with Crippen LogP contribution < -0.4 is 20.7 Å². The second-order valence-electron chi connectivity index (χ2n) is 6.15. The van der Waals surface area contributed by atoms with Crippen molar-refractivity contribution in [3.63, 3.8) is 0 Å². The first kappa shape index (κ1) is 18.7. The van der Waals surface area contributed by atoms with Gasteiger partial charge in [-0.25, -0.2) is 0 Å². The molecule has 1 heterocycles. The lowest BCUT2D eigenvalue weighted by atomic mass is 10.1. The molecule has 1 atom stereocenters. The van der Waals surface area contributed by atoms with Gasteiger partial charge in [-0.15, -0.1) is 0 Å². The van der Waals surface area contributed by atoms with Crippen LogP contribution in [0.5, 0.6) is 5.75 Å². The molecule has 0 unspecified atom stereocenters. The highest BCUT2D eigenvalue weighted by atomic mass is 35.5. The SMILES string of the molecule is COc1cccc(N2C[C@@H](C(=O)Nc3ccc(Cl)c(C(N)=O)c3)CC2=O)c1. The summed E-state index contributed by atoms with van der Waals surface area (Å²) in [5, 5.41) is 2.92. The molecule has 27 heavy (non-hydrogen) atoms. The van der Waals surface area contributed by atoms with Gasteiger partial charge >= 0.3 is 0 Å². The Labute approximate surface area is 161 Å². The fourth-order valence-electron chi connectivity index (χ4n) is 2.95. The number of primary amides is 1. The van der Waals surface area contributed by atoms with Gasteiger partial charge in [-0.05, 0) is 30.3 Å². The zero-order valence-corrected chi connectivity index (χ0v) is 15.3. The van der Waals surface area contributed by atoms with Crippen LogP contribution in [0.3, 0.4) is 0 Å². The number of halogens is 1. The van der Waals surface area contributed by atoms with E-state index in [0.29, 0.717) is 17.1 Å². The van der Waals surface area contributed by atoms with Crippen molar-refractivity contribution in [2.45, 2.75) is 6.42 Å². The summed E-state index contributed by atoms with van der Waals surface area (Å²) in [5.41, 5.74) is 6.46. The average molecular weight is 388 g/mol. The van der Waals surface area contributed by atoms with Crippen molar-refractivity contribution in [1.29, 1.82) is 0 Å². The molecule has 140 valence electrons. The predicted molar refractivity (Wildman–Crippen MR) is 102 cm³/mol. The Morgan fingerprint density at radius 3 is 2.74 bits per heavy atom. The number of benzene rings is 2. The Morgan fingerprint density at radius 2 is 2.04 bits per heavy atom. The fourth-order valence-corrected chi connectivity index (χ4v) is 3.16. The average Bonchev–Trinajstić information content (AvgIpc) is 3.05. The van der Waals surface area contributed by atoms with Crippen LogP contribution in [0.1, 0.15) is 16.8 Å². The van der Waals surface area contributed by atoms with Crippen molar-refractivity contribution in [2.75, 3.05) is 23.9 Å². The van der Waals surface area contributed by atoms with Crippen molar-refractivity contribution in [3.8, 4) is 5.75 Å². The molecule has 2 aromatic carbocycles. The number of ether oxygens (including phenoxy) is 1. The third kappa shape index (κ3) is 4.03. The van der Waals surface area contributed by atoms with Crippen LogP contribution in [0.25, 0.3) is 0 Å². The number of hydrogen-bond acceptors (Lipinski definition) is 4. The highest BCUT2D eigenvalue weighted by Gasteiger charge is 2.35. The first-order valence-electron chi connectivity index (χ1n) is 8.23. The molecule has 3 N–H and O–H groups in total. The van der Waals surface area contributed by atoms with E-state index in [9.17, 15) is 14.4 Å². The van der Waals surface area contributed by atoms with Crippen LogP contribution in [-0.2, 0) is 9.59 Å². The quantitative estimate of drug-likeness (QED) is 0.822. The van der Waals surface area contributed by atoms with E-state index in [0.717, 1.165) is 0 Å². The van der Waals surface area contributed by atoms with Crippen LogP contribution in [0, 0.1) is 5.92 Å². The second-order valence-corrected chi connectivity index (χ2v) is 6.56. The smallest absolute Gasteiger partial charge is 0.250 e. The summed E-state index contributed by atoms with van der Waals surface area (Å²) in [6, 6.07) is 11.6. The molecule has 0 radical (unpaired) electrons. The van der Waals surface area contributed by atoms with Crippen LogP contribution in [0.4, 0.5) is 11.4 Å². The molecule has 2 aromatic rings. The Balaban J connectivity index is 1.72. The van der Waals surface area contributed by atoms with Crippen molar-refractivity contribution < 1.29 is 19.1 Å². The minimum atomic E-state index is -0.684. The molecular formula is C19H18ClN3O4. The van der Waals surface area contributed by atoms with Crippen LogP contribution >= 0.6 is 11.6 Å². The topological polar surface area (TPSA) is 102 Å².